The highest BCUT2D eigenvalue weighted by Gasteiger charge is 2.24. The van der Waals surface area contributed by atoms with Crippen LogP contribution in [0.2, 0.25) is 5.02 Å². The van der Waals surface area contributed by atoms with Crippen molar-refractivity contribution in [1.82, 2.24) is 10.3 Å². The van der Waals surface area contributed by atoms with Crippen molar-refractivity contribution >= 4 is 17.5 Å². The minimum Gasteiger partial charge on any atom is -0.490 e. The Morgan fingerprint density at radius 1 is 1.27 bits per heavy atom. The molecular weight excluding hydrogens is 357 g/mol. The van der Waals surface area contributed by atoms with Crippen LogP contribution in [0.5, 0.6) is 5.75 Å². The molecule has 0 aliphatic heterocycles. The Labute approximate surface area is 155 Å². The first-order valence-corrected chi connectivity index (χ1v) is 8.70. The van der Waals surface area contributed by atoms with E-state index in [-0.39, 0.29) is 23.6 Å². The average Bonchev–Trinajstić information content (AvgIpc) is 2.63. The third-order valence-electron chi connectivity index (χ3n) is 4.34. The molecule has 0 spiro atoms. The molecule has 1 N–H and O–H groups in total. The molecule has 0 radical (unpaired) electrons. The predicted molar refractivity (Wildman–Crippen MR) is 94.5 cm³/mol. The van der Waals surface area contributed by atoms with Crippen LogP contribution < -0.4 is 10.1 Å². The van der Waals surface area contributed by atoms with Gasteiger partial charge in [0.15, 0.2) is 0 Å². The van der Waals surface area contributed by atoms with E-state index in [4.69, 9.17) is 21.6 Å². The van der Waals surface area contributed by atoms with Crippen LogP contribution in [0.1, 0.15) is 41.6 Å². The smallest absolute Gasteiger partial charge is 0.253 e. The van der Waals surface area contributed by atoms with Crippen molar-refractivity contribution in [3.05, 3.63) is 58.6 Å². The number of carbonyl (C=O) groups is 1. The maximum atomic E-state index is 13.2. The van der Waals surface area contributed by atoms with Gasteiger partial charge in [0.25, 0.3) is 5.91 Å². The number of benzene rings is 1. The van der Waals surface area contributed by atoms with E-state index in [1.807, 2.05) is 6.07 Å². The van der Waals surface area contributed by atoms with Crippen molar-refractivity contribution in [2.75, 3.05) is 0 Å². The molecule has 0 saturated heterocycles. The number of nitrogens with zero attached hydrogens (tertiary/aromatic N) is 2. The fraction of sp³-hybridized carbons (Fsp3) is 0.316. The molecule has 1 aromatic heterocycles. The highest BCUT2D eigenvalue weighted by atomic mass is 35.5. The summed E-state index contributed by atoms with van der Waals surface area (Å²) in [6.45, 7) is 0. The fourth-order valence-electron chi connectivity index (χ4n) is 2.98. The van der Waals surface area contributed by atoms with E-state index in [9.17, 15) is 9.18 Å². The molecule has 3 rings (SSSR count). The van der Waals surface area contributed by atoms with Crippen LogP contribution in [0.4, 0.5) is 4.39 Å². The van der Waals surface area contributed by atoms with Crippen LogP contribution >= 0.6 is 11.6 Å². The Bertz CT molecular complexity index is 845. The van der Waals surface area contributed by atoms with Gasteiger partial charge in [0.05, 0.1) is 28.5 Å². The summed E-state index contributed by atoms with van der Waals surface area (Å²) in [7, 11) is 0. The number of aromatic nitrogens is 1. The van der Waals surface area contributed by atoms with Gasteiger partial charge in [-0.3, -0.25) is 9.78 Å². The van der Waals surface area contributed by atoms with Crippen LogP contribution in [0, 0.1) is 17.1 Å². The zero-order chi connectivity index (χ0) is 18.5. The Balaban J connectivity index is 1.50. The SMILES string of the molecule is N#Cc1ccc(OC2CCC(NC(=O)c3cncc(F)c3)CC2)cc1Cl. The van der Waals surface area contributed by atoms with E-state index in [1.54, 1.807) is 18.2 Å². The molecule has 134 valence electrons. The average molecular weight is 374 g/mol. The van der Waals surface area contributed by atoms with E-state index < -0.39 is 5.82 Å². The molecule has 1 fully saturated rings. The Hall–Kier alpha value is -2.65. The van der Waals surface area contributed by atoms with Crippen molar-refractivity contribution < 1.29 is 13.9 Å². The molecule has 1 aliphatic rings. The minimum absolute atomic E-state index is 0.0233. The number of amides is 1. The van der Waals surface area contributed by atoms with Gasteiger partial charge in [-0.25, -0.2) is 4.39 Å². The fourth-order valence-corrected chi connectivity index (χ4v) is 3.19. The van der Waals surface area contributed by atoms with Crippen LogP contribution in [0.25, 0.3) is 0 Å². The van der Waals surface area contributed by atoms with Crippen LogP contribution in [-0.4, -0.2) is 23.0 Å². The summed E-state index contributed by atoms with van der Waals surface area (Å²) in [6, 6.07) is 8.22. The highest BCUT2D eigenvalue weighted by molar-refractivity contribution is 6.31. The topological polar surface area (TPSA) is 75.0 Å². The van der Waals surface area contributed by atoms with Crippen molar-refractivity contribution in [1.29, 1.82) is 5.26 Å². The van der Waals surface area contributed by atoms with Crippen molar-refractivity contribution in [2.45, 2.75) is 37.8 Å². The Morgan fingerprint density at radius 3 is 2.69 bits per heavy atom. The molecule has 1 amide bonds. The van der Waals surface area contributed by atoms with Crippen LogP contribution in [-0.2, 0) is 0 Å². The molecule has 0 bridgehead atoms. The second-order valence-corrected chi connectivity index (χ2v) is 6.62. The number of nitriles is 1. The monoisotopic (exact) mass is 373 g/mol. The highest BCUT2D eigenvalue weighted by Crippen LogP contribution is 2.27. The zero-order valence-corrected chi connectivity index (χ0v) is 14.7. The summed E-state index contributed by atoms with van der Waals surface area (Å²) in [6.07, 6.45) is 5.54. The van der Waals surface area contributed by atoms with E-state index in [0.717, 1.165) is 31.9 Å². The number of halogens is 2. The lowest BCUT2D eigenvalue weighted by Crippen LogP contribution is -2.39. The molecular formula is C19H17ClFN3O2. The number of nitrogens with one attached hydrogen (secondary N) is 1. The summed E-state index contributed by atoms with van der Waals surface area (Å²) in [5.74, 6) is -0.219. The standard InChI is InChI=1S/C19H17ClFN3O2/c20-18-8-17(4-1-12(18)9-22)26-16-5-2-15(3-6-16)24-19(25)13-7-14(21)11-23-10-13/h1,4,7-8,10-11,15-16H,2-3,5-6H2,(H,24,25). The molecule has 5 nitrogen and oxygen atoms in total. The number of hydrogen-bond acceptors (Lipinski definition) is 4. The molecule has 1 aliphatic carbocycles. The molecule has 1 heterocycles. The van der Waals surface area contributed by atoms with Crippen molar-refractivity contribution in [3.8, 4) is 11.8 Å². The maximum Gasteiger partial charge on any atom is 0.253 e. The molecule has 1 aromatic carbocycles. The summed E-state index contributed by atoms with van der Waals surface area (Å²) in [5.41, 5.74) is 0.632. The van der Waals surface area contributed by atoms with Crippen molar-refractivity contribution in [3.63, 3.8) is 0 Å². The third-order valence-corrected chi connectivity index (χ3v) is 4.65. The van der Waals surface area contributed by atoms with Gasteiger partial charge >= 0.3 is 0 Å². The molecule has 26 heavy (non-hydrogen) atoms. The number of hydrogen-bond donors (Lipinski definition) is 1. The molecule has 0 atom stereocenters. The van der Waals surface area contributed by atoms with Gasteiger partial charge in [0, 0.05) is 18.3 Å². The Kier molecular flexibility index (Phi) is 5.69. The second-order valence-electron chi connectivity index (χ2n) is 6.21. The number of pyridine rings is 1. The van der Waals surface area contributed by atoms with Crippen LogP contribution in [0.3, 0.4) is 0 Å². The lowest BCUT2D eigenvalue weighted by molar-refractivity contribution is 0.0893. The first-order valence-electron chi connectivity index (χ1n) is 8.33. The predicted octanol–water partition coefficient (Wildman–Crippen LogP) is 3.87. The van der Waals surface area contributed by atoms with E-state index in [1.165, 1.54) is 12.3 Å². The van der Waals surface area contributed by atoms with Crippen molar-refractivity contribution in [2.24, 2.45) is 0 Å². The third kappa shape index (κ3) is 4.50. The summed E-state index contributed by atoms with van der Waals surface area (Å²) < 4.78 is 19.1. The largest absolute Gasteiger partial charge is 0.490 e. The number of ether oxygens (including phenoxy) is 1. The van der Waals surface area contributed by atoms with Gasteiger partial charge in [-0.05, 0) is 43.9 Å². The van der Waals surface area contributed by atoms with Gasteiger partial charge < -0.3 is 10.1 Å². The zero-order valence-electron chi connectivity index (χ0n) is 13.9. The number of carbonyl (C=O) groups excluding carboxylic acids is 1. The van der Waals surface area contributed by atoms with E-state index >= 15 is 0 Å². The minimum atomic E-state index is -0.532. The quantitative estimate of drug-likeness (QED) is 0.882. The van der Waals surface area contributed by atoms with Crippen LogP contribution in [0.15, 0.2) is 36.7 Å². The van der Waals surface area contributed by atoms with E-state index in [0.29, 0.717) is 16.3 Å². The first-order chi connectivity index (χ1) is 12.5. The van der Waals surface area contributed by atoms with Gasteiger partial charge in [0.2, 0.25) is 0 Å². The molecule has 1 saturated carbocycles. The maximum absolute atomic E-state index is 13.2. The van der Waals surface area contributed by atoms with Gasteiger partial charge in [0.1, 0.15) is 17.6 Å². The summed E-state index contributed by atoms with van der Waals surface area (Å²) in [4.78, 5) is 15.8. The summed E-state index contributed by atoms with van der Waals surface area (Å²) in [5, 5.41) is 12.2. The van der Waals surface area contributed by atoms with Gasteiger partial charge in [-0.2, -0.15) is 5.26 Å². The molecule has 0 unspecified atom stereocenters. The van der Waals surface area contributed by atoms with Gasteiger partial charge in [-0.15, -0.1) is 0 Å². The summed E-state index contributed by atoms with van der Waals surface area (Å²) >= 11 is 6.02. The lowest BCUT2D eigenvalue weighted by Gasteiger charge is -2.29. The number of rotatable bonds is 4. The first kappa shape index (κ1) is 18.2. The molecule has 7 heteroatoms. The Morgan fingerprint density at radius 2 is 2.04 bits per heavy atom. The second kappa shape index (κ2) is 8.15. The van der Waals surface area contributed by atoms with E-state index in [2.05, 4.69) is 10.3 Å². The lowest BCUT2D eigenvalue weighted by atomic mass is 9.92. The molecule has 2 aromatic rings. The normalized spacial score (nSPS) is 19.4. The van der Waals surface area contributed by atoms with Gasteiger partial charge in [-0.1, -0.05) is 11.6 Å².